The predicted octanol–water partition coefficient (Wildman–Crippen LogP) is 6.34. The van der Waals surface area contributed by atoms with Gasteiger partial charge in [-0.15, -0.1) is 0 Å². The Bertz CT molecular complexity index is 1370. The van der Waals surface area contributed by atoms with E-state index in [9.17, 15) is 9.59 Å². The van der Waals surface area contributed by atoms with Crippen LogP contribution in [0.4, 0.5) is 5.69 Å². The molecule has 0 saturated heterocycles. The van der Waals surface area contributed by atoms with Crippen LogP contribution in [0.1, 0.15) is 31.9 Å². The van der Waals surface area contributed by atoms with Crippen LogP contribution in [-0.4, -0.2) is 21.7 Å². The number of ether oxygens (including phenoxy) is 1. The maximum atomic E-state index is 12.2. The van der Waals surface area contributed by atoms with Crippen LogP contribution in [0, 0.1) is 19.8 Å². The third-order valence-corrected chi connectivity index (χ3v) is 5.68. The quantitative estimate of drug-likeness (QED) is 0.336. The molecule has 0 aliphatic carbocycles. The lowest BCUT2D eigenvalue weighted by Crippen LogP contribution is -2.17. The topological polar surface area (TPSA) is 73.2 Å². The fraction of sp³-hybridized carbons (Fsp3) is 0.207. The van der Waals surface area contributed by atoms with E-state index in [1.54, 1.807) is 4.68 Å². The minimum atomic E-state index is -0.433. The van der Waals surface area contributed by atoms with E-state index in [0.29, 0.717) is 22.8 Å². The predicted molar refractivity (Wildman–Crippen MR) is 139 cm³/mol. The second-order valence-corrected chi connectivity index (χ2v) is 8.91. The van der Waals surface area contributed by atoms with Gasteiger partial charge in [0, 0.05) is 24.1 Å². The van der Waals surface area contributed by atoms with Gasteiger partial charge < -0.3 is 10.1 Å². The van der Waals surface area contributed by atoms with E-state index in [1.807, 2.05) is 94.4 Å². The zero-order chi connectivity index (χ0) is 25.1. The number of esters is 1. The molecule has 4 aromatic rings. The lowest BCUT2D eigenvalue weighted by molar-refractivity contribution is -0.132. The average molecular weight is 468 g/mol. The maximum Gasteiger partial charge on any atom is 0.309 e. The summed E-state index contributed by atoms with van der Waals surface area (Å²) in [4.78, 5) is 24.3. The van der Waals surface area contributed by atoms with E-state index < -0.39 is 5.97 Å². The van der Waals surface area contributed by atoms with Gasteiger partial charge in [0.1, 0.15) is 5.69 Å². The van der Waals surface area contributed by atoms with Crippen LogP contribution in [0.3, 0.4) is 0 Å². The van der Waals surface area contributed by atoms with Gasteiger partial charge in [0.2, 0.25) is 11.8 Å². The second kappa shape index (κ2) is 9.97. The number of rotatable bonds is 6. The smallest absolute Gasteiger partial charge is 0.309 e. The average Bonchev–Trinajstić information content (AvgIpc) is 3.18. The number of hydrogen-bond acceptors (Lipinski definition) is 4. The van der Waals surface area contributed by atoms with E-state index in [2.05, 4.69) is 11.4 Å². The summed E-state index contributed by atoms with van der Waals surface area (Å²) < 4.78 is 7.49. The van der Waals surface area contributed by atoms with Crippen molar-refractivity contribution in [1.82, 2.24) is 9.78 Å². The van der Waals surface area contributed by atoms with Crippen LogP contribution in [0.5, 0.6) is 5.88 Å². The van der Waals surface area contributed by atoms with E-state index in [4.69, 9.17) is 9.84 Å². The normalized spacial score (nSPS) is 10.9. The van der Waals surface area contributed by atoms with Crippen molar-refractivity contribution in [2.75, 3.05) is 5.32 Å². The zero-order valence-corrected chi connectivity index (χ0v) is 20.6. The highest BCUT2D eigenvalue weighted by Gasteiger charge is 2.25. The minimum Gasteiger partial charge on any atom is -0.407 e. The van der Waals surface area contributed by atoms with Crippen molar-refractivity contribution in [2.45, 2.75) is 34.6 Å². The van der Waals surface area contributed by atoms with Crippen molar-refractivity contribution in [2.24, 2.45) is 5.92 Å². The van der Waals surface area contributed by atoms with Crippen molar-refractivity contribution >= 4 is 17.6 Å². The molecule has 0 fully saturated rings. The van der Waals surface area contributed by atoms with Gasteiger partial charge in [-0.05, 0) is 43.2 Å². The summed E-state index contributed by atoms with van der Waals surface area (Å²) >= 11 is 0. The summed E-state index contributed by atoms with van der Waals surface area (Å²) in [5.41, 5.74) is 6.79. The molecule has 0 saturated carbocycles. The van der Waals surface area contributed by atoms with Gasteiger partial charge >= 0.3 is 5.97 Å². The second-order valence-electron chi connectivity index (χ2n) is 8.91. The van der Waals surface area contributed by atoms with Gasteiger partial charge in [-0.3, -0.25) is 9.59 Å². The molecule has 0 unspecified atom stereocenters. The monoisotopic (exact) mass is 467 g/mol. The van der Waals surface area contributed by atoms with Crippen LogP contribution in [0.15, 0.2) is 72.8 Å². The van der Waals surface area contributed by atoms with Crippen molar-refractivity contribution < 1.29 is 14.3 Å². The van der Waals surface area contributed by atoms with Crippen LogP contribution in [0.25, 0.3) is 28.1 Å². The fourth-order valence-electron chi connectivity index (χ4n) is 3.90. The molecule has 6 nitrogen and oxygen atoms in total. The zero-order valence-electron chi connectivity index (χ0n) is 20.6. The standard InChI is InChI=1S/C29H29N3O3/c1-18(2)28(34)30-24-14-12-22(13-15-24)26-27(23-9-7-6-8-10-23)31-32(29(26)35-21(5)33)25-16-11-19(3)17-20(25)4/h6-18H,1-5H3,(H,30,34). The molecule has 0 atom stereocenters. The van der Waals surface area contributed by atoms with E-state index >= 15 is 0 Å². The van der Waals surface area contributed by atoms with Gasteiger partial charge in [0.15, 0.2) is 0 Å². The highest BCUT2D eigenvalue weighted by atomic mass is 16.5. The van der Waals surface area contributed by atoms with Crippen LogP contribution >= 0.6 is 0 Å². The summed E-state index contributed by atoms with van der Waals surface area (Å²) in [6, 6.07) is 23.4. The molecule has 35 heavy (non-hydrogen) atoms. The lowest BCUT2D eigenvalue weighted by atomic mass is 10.0. The number of carbonyl (C=O) groups is 2. The molecule has 0 spiro atoms. The highest BCUT2D eigenvalue weighted by Crippen LogP contribution is 2.41. The molecular formula is C29H29N3O3. The molecule has 0 bridgehead atoms. The molecule has 1 amide bonds. The van der Waals surface area contributed by atoms with E-state index in [1.165, 1.54) is 6.92 Å². The third kappa shape index (κ3) is 5.17. The number of amides is 1. The van der Waals surface area contributed by atoms with Crippen molar-refractivity contribution in [3.63, 3.8) is 0 Å². The fourth-order valence-corrected chi connectivity index (χ4v) is 3.90. The number of carbonyl (C=O) groups excluding carboxylic acids is 2. The van der Waals surface area contributed by atoms with Crippen molar-refractivity contribution in [1.29, 1.82) is 0 Å². The van der Waals surface area contributed by atoms with Gasteiger partial charge in [-0.1, -0.05) is 74.0 Å². The lowest BCUT2D eigenvalue weighted by Gasteiger charge is -2.12. The summed E-state index contributed by atoms with van der Waals surface area (Å²) in [6.07, 6.45) is 0. The van der Waals surface area contributed by atoms with Crippen LogP contribution < -0.4 is 10.1 Å². The number of hydrogen-bond donors (Lipinski definition) is 1. The summed E-state index contributed by atoms with van der Waals surface area (Å²) in [7, 11) is 0. The number of nitrogens with one attached hydrogen (secondary N) is 1. The first-order valence-corrected chi connectivity index (χ1v) is 11.6. The highest BCUT2D eigenvalue weighted by molar-refractivity contribution is 5.93. The number of aryl methyl sites for hydroxylation is 2. The number of benzene rings is 3. The molecule has 0 radical (unpaired) electrons. The van der Waals surface area contributed by atoms with Gasteiger partial charge in [0.05, 0.1) is 11.3 Å². The largest absolute Gasteiger partial charge is 0.407 e. The van der Waals surface area contributed by atoms with Crippen molar-refractivity contribution in [3.05, 3.63) is 83.9 Å². The molecule has 6 heteroatoms. The SMILES string of the molecule is CC(=O)Oc1c(-c2ccc(NC(=O)C(C)C)cc2)c(-c2ccccc2)nn1-c1ccc(C)cc1C. The molecule has 1 heterocycles. The Morgan fingerprint density at radius 2 is 1.60 bits per heavy atom. The number of aromatic nitrogens is 2. The Morgan fingerprint density at radius 1 is 0.914 bits per heavy atom. The van der Waals surface area contributed by atoms with E-state index in [0.717, 1.165) is 27.9 Å². The molecule has 1 aromatic heterocycles. The summed E-state index contributed by atoms with van der Waals surface area (Å²) in [5.74, 6) is -0.253. The van der Waals surface area contributed by atoms with Crippen LogP contribution in [-0.2, 0) is 9.59 Å². The van der Waals surface area contributed by atoms with Crippen molar-refractivity contribution in [3.8, 4) is 34.0 Å². The third-order valence-electron chi connectivity index (χ3n) is 5.68. The number of anilines is 1. The Morgan fingerprint density at radius 3 is 2.20 bits per heavy atom. The maximum absolute atomic E-state index is 12.2. The first-order chi connectivity index (χ1) is 16.7. The molecule has 178 valence electrons. The Kier molecular flexibility index (Phi) is 6.82. The molecule has 1 N–H and O–H groups in total. The minimum absolute atomic E-state index is 0.0500. The van der Waals surface area contributed by atoms with Gasteiger partial charge in [-0.2, -0.15) is 9.78 Å². The number of nitrogens with zero attached hydrogens (tertiary/aromatic N) is 2. The Balaban J connectivity index is 1.93. The Hall–Kier alpha value is -4.19. The molecule has 4 rings (SSSR count). The first-order valence-electron chi connectivity index (χ1n) is 11.6. The first kappa shape index (κ1) is 24.0. The van der Waals surface area contributed by atoms with Gasteiger partial charge in [0.25, 0.3) is 0 Å². The molecule has 3 aromatic carbocycles. The molecule has 0 aliphatic heterocycles. The summed E-state index contributed by atoms with van der Waals surface area (Å²) in [5, 5.41) is 7.85. The van der Waals surface area contributed by atoms with Gasteiger partial charge in [-0.25, -0.2) is 0 Å². The molecule has 0 aliphatic rings. The van der Waals surface area contributed by atoms with E-state index in [-0.39, 0.29) is 11.8 Å². The molecular weight excluding hydrogens is 438 g/mol. The van der Waals surface area contributed by atoms with Crippen LogP contribution in [0.2, 0.25) is 0 Å². The summed E-state index contributed by atoms with van der Waals surface area (Å²) in [6.45, 7) is 9.13. The Labute approximate surface area is 205 Å².